The first-order valence-corrected chi connectivity index (χ1v) is 6.77. The van der Waals surface area contributed by atoms with E-state index in [9.17, 15) is 10.1 Å². The van der Waals surface area contributed by atoms with Gasteiger partial charge in [0.1, 0.15) is 6.33 Å². The summed E-state index contributed by atoms with van der Waals surface area (Å²) in [4.78, 5) is 20.9. The number of hydrogen-bond donors (Lipinski definition) is 1. The van der Waals surface area contributed by atoms with Crippen molar-refractivity contribution in [2.45, 2.75) is 26.4 Å². The lowest BCUT2D eigenvalue weighted by Crippen LogP contribution is -2.43. The molecule has 1 saturated heterocycles. The normalized spacial score (nSPS) is 18.9. The monoisotopic (exact) mass is 281 g/mol. The van der Waals surface area contributed by atoms with E-state index in [0.717, 1.165) is 6.42 Å². The van der Waals surface area contributed by atoms with E-state index in [2.05, 4.69) is 15.3 Å². The van der Waals surface area contributed by atoms with Crippen molar-refractivity contribution >= 4 is 17.3 Å². The minimum atomic E-state index is -0.427. The molecule has 20 heavy (non-hydrogen) atoms. The molecule has 1 N–H and O–H groups in total. The van der Waals surface area contributed by atoms with Gasteiger partial charge in [0.25, 0.3) is 0 Å². The topological polar surface area (TPSA) is 93.4 Å². The zero-order valence-corrected chi connectivity index (χ0v) is 11.7. The Morgan fingerprint density at radius 2 is 2.35 bits per heavy atom. The summed E-state index contributed by atoms with van der Waals surface area (Å²) in [5.74, 6) is 0.629. The van der Waals surface area contributed by atoms with Crippen molar-refractivity contribution in [3.05, 3.63) is 16.4 Å². The lowest BCUT2D eigenvalue weighted by atomic mass is 10.2. The maximum Gasteiger partial charge on any atom is 0.353 e. The number of aromatic nitrogens is 2. The highest BCUT2D eigenvalue weighted by Crippen LogP contribution is 2.32. The van der Waals surface area contributed by atoms with E-state index in [1.54, 1.807) is 0 Å². The maximum absolute atomic E-state index is 11.3. The second kappa shape index (κ2) is 6.47. The molecule has 0 aromatic carbocycles. The van der Waals surface area contributed by atoms with Gasteiger partial charge in [-0.3, -0.25) is 10.1 Å². The van der Waals surface area contributed by atoms with Gasteiger partial charge in [-0.2, -0.15) is 0 Å². The van der Waals surface area contributed by atoms with Gasteiger partial charge in [0.05, 0.1) is 17.6 Å². The van der Waals surface area contributed by atoms with Crippen LogP contribution >= 0.6 is 0 Å². The van der Waals surface area contributed by atoms with Crippen molar-refractivity contribution in [1.29, 1.82) is 0 Å². The lowest BCUT2D eigenvalue weighted by molar-refractivity contribution is -0.383. The summed E-state index contributed by atoms with van der Waals surface area (Å²) < 4.78 is 5.59. The van der Waals surface area contributed by atoms with Crippen molar-refractivity contribution in [3.63, 3.8) is 0 Å². The molecule has 2 heterocycles. The van der Waals surface area contributed by atoms with E-state index < -0.39 is 4.92 Å². The van der Waals surface area contributed by atoms with Gasteiger partial charge in [-0.15, -0.1) is 0 Å². The molecule has 1 fully saturated rings. The van der Waals surface area contributed by atoms with Crippen LogP contribution in [0.4, 0.5) is 17.3 Å². The number of rotatable bonds is 5. The molecule has 8 nitrogen and oxygen atoms in total. The molecule has 0 aliphatic carbocycles. The van der Waals surface area contributed by atoms with E-state index >= 15 is 0 Å². The molecule has 2 rings (SSSR count). The van der Waals surface area contributed by atoms with Crippen LogP contribution in [0.25, 0.3) is 0 Å². The van der Waals surface area contributed by atoms with E-state index in [-0.39, 0.29) is 17.6 Å². The molecular weight excluding hydrogens is 262 g/mol. The first kappa shape index (κ1) is 14.4. The third-order valence-corrected chi connectivity index (χ3v) is 3.22. The highest BCUT2D eigenvalue weighted by molar-refractivity contribution is 5.70. The minimum absolute atomic E-state index is 0.0638. The fourth-order valence-electron chi connectivity index (χ4n) is 2.22. The summed E-state index contributed by atoms with van der Waals surface area (Å²) in [5.41, 5.74) is -0.0638. The Morgan fingerprint density at radius 1 is 1.55 bits per heavy atom. The average molecular weight is 281 g/mol. The Bertz CT molecular complexity index is 482. The number of anilines is 2. The first-order valence-electron chi connectivity index (χ1n) is 6.77. The van der Waals surface area contributed by atoms with E-state index in [0.29, 0.717) is 32.1 Å². The van der Waals surface area contributed by atoms with Crippen LogP contribution in [0, 0.1) is 10.1 Å². The first-order chi connectivity index (χ1) is 9.67. The Kier molecular flexibility index (Phi) is 4.67. The predicted octanol–water partition coefficient (Wildman–Crippen LogP) is 1.43. The molecule has 0 saturated carbocycles. The fourth-order valence-corrected chi connectivity index (χ4v) is 2.22. The molecule has 1 aromatic rings. The third-order valence-electron chi connectivity index (χ3n) is 3.22. The molecule has 0 amide bonds. The van der Waals surface area contributed by atoms with Gasteiger partial charge >= 0.3 is 5.69 Å². The summed E-state index contributed by atoms with van der Waals surface area (Å²) in [5, 5.41) is 14.3. The van der Waals surface area contributed by atoms with Crippen LogP contribution in [0.2, 0.25) is 0 Å². The quantitative estimate of drug-likeness (QED) is 0.644. The highest BCUT2D eigenvalue weighted by atomic mass is 16.6. The number of ether oxygens (including phenoxy) is 1. The summed E-state index contributed by atoms with van der Waals surface area (Å²) in [6.45, 7) is 6.23. The van der Waals surface area contributed by atoms with Crippen LogP contribution < -0.4 is 10.2 Å². The average Bonchev–Trinajstić information content (AvgIpc) is 2.47. The van der Waals surface area contributed by atoms with E-state index in [4.69, 9.17) is 4.74 Å². The van der Waals surface area contributed by atoms with Gasteiger partial charge in [-0.1, -0.05) is 6.92 Å². The molecule has 0 radical (unpaired) electrons. The second-order valence-electron chi connectivity index (χ2n) is 4.53. The SMILES string of the molecule is CCNc1ncnc(N2CCOC(CC)C2)c1[N+](=O)[O-]. The molecular formula is C12H19N5O3. The zero-order chi connectivity index (χ0) is 14.5. The standard InChI is InChI=1S/C12H19N5O3/c1-3-9-7-16(5-6-20-9)12-10(17(18)19)11(13-4-2)14-8-15-12/h8-9H,3-7H2,1-2H3,(H,13,14,15). The van der Waals surface area contributed by atoms with Crippen LogP contribution in [0.5, 0.6) is 0 Å². The molecule has 1 aromatic heterocycles. The zero-order valence-electron chi connectivity index (χ0n) is 11.7. The Hall–Kier alpha value is -1.96. The minimum Gasteiger partial charge on any atom is -0.375 e. The Balaban J connectivity index is 2.34. The fraction of sp³-hybridized carbons (Fsp3) is 0.667. The van der Waals surface area contributed by atoms with Gasteiger partial charge in [0.15, 0.2) is 0 Å². The van der Waals surface area contributed by atoms with Crippen molar-refractivity contribution in [3.8, 4) is 0 Å². The lowest BCUT2D eigenvalue weighted by Gasteiger charge is -2.32. The summed E-state index contributed by atoms with van der Waals surface area (Å²) in [7, 11) is 0. The summed E-state index contributed by atoms with van der Waals surface area (Å²) in [6.07, 6.45) is 2.31. The van der Waals surface area contributed by atoms with Crippen molar-refractivity contribution in [1.82, 2.24) is 9.97 Å². The molecule has 1 unspecified atom stereocenters. The molecule has 0 bridgehead atoms. The van der Waals surface area contributed by atoms with Crippen molar-refractivity contribution in [2.24, 2.45) is 0 Å². The molecule has 110 valence electrons. The van der Waals surface area contributed by atoms with E-state index in [1.807, 2.05) is 18.7 Å². The third kappa shape index (κ3) is 2.96. The number of nitrogens with zero attached hydrogens (tertiary/aromatic N) is 4. The Labute approximate surface area is 117 Å². The van der Waals surface area contributed by atoms with E-state index in [1.165, 1.54) is 6.33 Å². The number of morpholine rings is 1. The van der Waals surface area contributed by atoms with Crippen LogP contribution in [-0.2, 0) is 4.74 Å². The molecule has 0 spiro atoms. The molecule has 1 atom stereocenters. The second-order valence-corrected chi connectivity index (χ2v) is 4.53. The molecule has 1 aliphatic rings. The smallest absolute Gasteiger partial charge is 0.353 e. The van der Waals surface area contributed by atoms with Crippen LogP contribution in [0.3, 0.4) is 0 Å². The van der Waals surface area contributed by atoms with Crippen LogP contribution in [0.15, 0.2) is 6.33 Å². The van der Waals surface area contributed by atoms with Crippen LogP contribution in [0.1, 0.15) is 20.3 Å². The van der Waals surface area contributed by atoms with Gasteiger partial charge in [-0.25, -0.2) is 9.97 Å². The summed E-state index contributed by atoms with van der Waals surface area (Å²) in [6, 6.07) is 0. The molecule has 8 heteroatoms. The van der Waals surface area contributed by atoms with Gasteiger partial charge in [0.2, 0.25) is 11.6 Å². The number of nitrogens with one attached hydrogen (secondary N) is 1. The predicted molar refractivity (Wildman–Crippen MR) is 75.1 cm³/mol. The Morgan fingerprint density at radius 3 is 3.00 bits per heavy atom. The number of hydrogen-bond acceptors (Lipinski definition) is 7. The number of nitro groups is 1. The van der Waals surface area contributed by atoms with Crippen molar-refractivity contribution < 1.29 is 9.66 Å². The molecule has 1 aliphatic heterocycles. The van der Waals surface area contributed by atoms with Gasteiger partial charge < -0.3 is 15.0 Å². The largest absolute Gasteiger partial charge is 0.375 e. The van der Waals surface area contributed by atoms with Crippen molar-refractivity contribution in [2.75, 3.05) is 36.5 Å². The summed E-state index contributed by atoms with van der Waals surface area (Å²) >= 11 is 0. The highest BCUT2D eigenvalue weighted by Gasteiger charge is 2.29. The van der Waals surface area contributed by atoms with Crippen LogP contribution in [-0.4, -0.2) is 47.2 Å². The van der Waals surface area contributed by atoms with Gasteiger partial charge in [-0.05, 0) is 13.3 Å². The van der Waals surface area contributed by atoms with Gasteiger partial charge in [0, 0.05) is 19.6 Å². The maximum atomic E-state index is 11.3.